The molecule has 0 atom stereocenters. The fraction of sp³-hybridized carbons (Fsp3) is 0.188. The molecule has 0 radical (unpaired) electrons. The van der Waals surface area contributed by atoms with Gasteiger partial charge in [-0.2, -0.15) is 8.78 Å². The Hall–Kier alpha value is -2.44. The van der Waals surface area contributed by atoms with Gasteiger partial charge in [-0.1, -0.05) is 17.6 Å². The Morgan fingerprint density at radius 3 is 2.78 bits per heavy atom. The summed E-state index contributed by atoms with van der Waals surface area (Å²) in [7, 11) is 1.94. The van der Waals surface area contributed by atoms with Gasteiger partial charge in [-0.25, -0.2) is 9.37 Å². The van der Waals surface area contributed by atoms with Crippen LogP contribution in [-0.2, 0) is 6.54 Å². The first-order valence-electron chi connectivity index (χ1n) is 7.11. The van der Waals surface area contributed by atoms with E-state index < -0.39 is 12.4 Å². The first-order valence-corrected chi connectivity index (χ1v) is 7.11. The lowest BCUT2D eigenvalue weighted by molar-refractivity contribution is -0.0506. The zero-order chi connectivity index (χ0) is 16.6. The number of hydrogen-bond acceptors (Lipinski definition) is 2. The molecule has 0 aliphatic heterocycles. The summed E-state index contributed by atoms with van der Waals surface area (Å²) in [6.07, 6.45) is 0. The quantitative estimate of drug-likeness (QED) is 0.691. The van der Waals surface area contributed by atoms with E-state index in [1.807, 2.05) is 26.0 Å². The molecule has 0 N–H and O–H groups in total. The maximum atomic E-state index is 14.1. The smallest absolute Gasteiger partial charge is 0.387 e. The van der Waals surface area contributed by atoms with Crippen LogP contribution in [0.4, 0.5) is 13.2 Å². The second kappa shape index (κ2) is 5.99. The van der Waals surface area contributed by atoms with Crippen LogP contribution in [0.5, 0.6) is 5.75 Å². The molecule has 0 saturated carbocycles. The van der Waals surface area contributed by atoms with Crippen LogP contribution in [0.15, 0.2) is 36.4 Å². The van der Waals surface area contributed by atoms with Crippen molar-refractivity contribution in [3.05, 3.63) is 53.6 Å². The summed E-state index contributed by atoms with van der Waals surface area (Å²) in [6.45, 7) is -1.14. The molecule has 0 aliphatic rings. The number of ether oxygens (including phenoxy) is 1. The van der Waals surface area contributed by atoms with Gasteiger partial charge in [0, 0.05) is 5.56 Å². The van der Waals surface area contributed by atoms with Gasteiger partial charge in [0.2, 0.25) is 0 Å². The van der Waals surface area contributed by atoms with Crippen molar-refractivity contribution in [2.24, 2.45) is 0 Å². The molecule has 7 heteroatoms. The average molecular weight is 318 g/mol. The minimum atomic E-state index is -3.00. The Morgan fingerprint density at radius 2 is 2.04 bits per heavy atom. The first kappa shape index (κ1) is 15.5. The number of nitrogens with zero attached hydrogens (tertiary/aromatic N) is 2. The molecule has 3 rings (SSSR count). The highest BCUT2D eigenvalue weighted by atomic mass is 19.3. The number of benzene rings is 2. The zero-order valence-corrected chi connectivity index (χ0v) is 12.7. The van der Waals surface area contributed by atoms with E-state index in [1.165, 1.54) is 18.2 Å². The number of fused-ring (bicyclic) bond motifs is 1. The number of hydrogen-bond donors (Lipinski definition) is 0. The molecule has 3 nitrogen and oxygen atoms in total. The van der Waals surface area contributed by atoms with E-state index in [2.05, 4.69) is 9.72 Å². The second-order valence-electron chi connectivity index (χ2n) is 5.33. The number of aromatic nitrogens is 2. The van der Waals surface area contributed by atoms with Crippen LogP contribution < -0.4 is 10.2 Å². The van der Waals surface area contributed by atoms with E-state index >= 15 is 0 Å². The van der Waals surface area contributed by atoms with Crippen LogP contribution in [0.3, 0.4) is 0 Å². The van der Waals surface area contributed by atoms with Crippen molar-refractivity contribution in [1.29, 1.82) is 0 Å². The SMILES string of the molecule is Bc1ccc2nc(C)n(Cc3c(F)cccc3OC(F)F)c2c1. The third-order valence-electron chi connectivity index (χ3n) is 3.70. The summed E-state index contributed by atoms with van der Waals surface area (Å²) in [5, 5.41) is 0. The van der Waals surface area contributed by atoms with Crippen LogP contribution in [-0.4, -0.2) is 24.0 Å². The van der Waals surface area contributed by atoms with Gasteiger partial charge >= 0.3 is 6.61 Å². The molecule has 118 valence electrons. The molecule has 1 heterocycles. The highest BCUT2D eigenvalue weighted by Crippen LogP contribution is 2.26. The van der Waals surface area contributed by atoms with Crippen LogP contribution in [0.2, 0.25) is 0 Å². The van der Waals surface area contributed by atoms with Gasteiger partial charge in [-0.05, 0) is 31.2 Å². The van der Waals surface area contributed by atoms with Crippen molar-refractivity contribution >= 4 is 24.3 Å². The Balaban J connectivity index is 2.09. The van der Waals surface area contributed by atoms with Gasteiger partial charge in [0.05, 0.1) is 17.6 Å². The normalized spacial score (nSPS) is 11.3. The fourth-order valence-corrected chi connectivity index (χ4v) is 2.61. The standard InChI is InChI=1S/C16H14BF3N2O/c1-9-21-13-6-5-10(17)7-14(13)22(9)8-11-12(18)3-2-4-15(11)23-16(19)20/h2-7,16H,8,17H2,1H3. The topological polar surface area (TPSA) is 27.1 Å². The third-order valence-corrected chi connectivity index (χ3v) is 3.70. The van der Waals surface area contributed by atoms with E-state index in [1.54, 1.807) is 11.5 Å². The molecule has 0 unspecified atom stereocenters. The van der Waals surface area contributed by atoms with E-state index in [0.29, 0.717) is 5.82 Å². The molecule has 0 spiro atoms. The number of alkyl halides is 2. The number of imidazole rings is 1. The summed E-state index contributed by atoms with van der Waals surface area (Å²) >= 11 is 0. The summed E-state index contributed by atoms with van der Waals surface area (Å²) in [6, 6.07) is 9.67. The predicted octanol–water partition coefficient (Wildman–Crippen LogP) is 2.39. The predicted molar refractivity (Wildman–Crippen MR) is 84.8 cm³/mol. The molecular formula is C16H14BF3N2O. The van der Waals surface area contributed by atoms with Gasteiger partial charge < -0.3 is 9.30 Å². The lowest BCUT2D eigenvalue weighted by Gasteiger charge is -2.13. The van der Waals surface area contributed by atoms with Crippen molar-refractivity contribution < 1.29 is 17.9 Å². The fourth-order valence-electron chi connectivity index (χ4n) is 2.61. The van der Waals surface area contributed by atoms with Crippen LogP contribution in [0.25, 0.3) is 11.0 Å². The molecule has 2 aromatic carbocycles. The Labute approximate surface area is 132 Å². The number of halogens is 3. The molecule has 1 aromatic heterocycles. The van der Waals surface area contributed by atoms with Crippen LogP contribution in [0.1, 0.15) is 11.4 Å². The van der Waals surface area contributed by atoms with Gasteiger partial charge in [-0.3, -0.25) is 0 Å². The van der Waals surface area contributed by atoms with Crippen molar-refractivity contribution in [3.8, 4) is 5.75 Å². The van der Waals surface area contributed by atoms with Crippen LogP contribution in [0, 0.1) is 12.7 Å². The Kier molecular flexibility index (Phi) is 4.02. The van der Waals surface area contributed by atoms with Crippen molar-refractivity contribution in [3.63, 3.8) is 0 Å². The van der Waals surface area contributed by atoms with Gasteiger partial charge in [0.25, 0.3) is 0 Å². The molecule has 0 bridgehead atoms. The molecule has 0 aliphatic carbocycles. The molecule has 0 amide bonds. The monoisotopic (exact) mass is 318 g/mol. The van der Waals surface area contributed by atoms with E-state index in [9.17, 15) is 13.2 Å². The third kappa shape index (κ3) is 3.04. The van der Waals surface area contributed by atoms with Crippen molar-refractivity contribution in [1.82, 2.24) is 9.55 Å². The van der Waals surface area contributed by atoms with E-state index in [-0.39, 0.29) is 17.9 Å². The summed E-state index contributed by atoms with van der Waals surface area (Å²) < 4.78 is 45.4. The Morgan fingerprint density at radius 1 is 1.26 bits per heavy atom. The van der Waals surface area contributed by atoms with E-state index in [4.69, 9.17) is 0 Å². The summed E-state index contributed by atoms with van der Waals surface area (Å²) in [4.78, 5) is 4.42. The minimum absolute atomic E-state index is 0.0700. The number of rotatable bonds is 4. The second-order valence-corrected chi connectivity index (χ2v) is 5.33. The molecular weight excluding hydrogens is 304 g/mol. The highest BCUT2D eigenvalue weighted by molar-refractivity contribution is 6.33. The molecule has 23 heavy (non-hydrogen) atoms. The summed E-state index contributed by atoms with van der Waals surface area (Å²) in [5.41, 5.74) is 2.72. The first-order chi connectivity index (χ1) is 11.0. The number of aryl methyl sites for hydroxylation is 1. The van der Waals surface area contributed by atoms with Gasteiger partial charge in [0.15, 0.2) is 0 Å². The van der Waals surface area contributed by atoms with Gasteiger partial charge in [0.1, 0.15) is 25.2 Å². The molecule has 0 fully saturated rings. The lowest BCUT2D eigenvalue weighted by atomic mass is 9.96. The minimum Gasteiger partial charge on any atom is -0.434 e. The lowest BCUT2D eigenvalue weighted by Crippen LogP contribution is -2.10. The average Bonchev–Trinajstić information content (AvgIpc) is 2.77. The maximum absolute atomic E-state index is 14.1. The largest absolute Gasteiger partial charge is 0.434 e. The van der Waals surface area contributed by atoms with Crippen LogP contribution >= 0.6 is 0 Å². The van der Waals surface area contributed by atoms with Gasteiger partial charge in [-0.15, -0.1) is 0 Å². The zero-order valence-electron chi connectivity index (χ0n) is 12.7. The van der Waals surface area contributed by atoms with Crippen molar-refractivity contribution in [2.45, 2.75) is 20.1 Å². The maximum Gasteiger partial charge on any atom is 0.387 e. The van der Waals surface area contributed by atoms with E-state index in [0.717, 1.165) is 16.5 Å². The molecule has 3 aromatic rings. The highest BCUT2D eigenvalue weighted by Gasteiger charge is 2.16. The Bertz CT molecular complexity index is 864. The van der Waals surface area contributed by atoms with Crippen molar-refractivity contribution in [2.75, 3.05) is 0 Å². The summed E-state index contributed by atoms with van der Waals surface area (Å²) in [5.74, 6) is -0.0668. The molecule has 0 saturated heterocycles.